The second kappa shape index (κ2) is 7.22. The molecule has 1 amide bonds. The molecule has 21 heavy (non-hydrogen) atoms. The van der Waals surface area contributed by atoms with Crippen LogP contribution in [0.15, 0.2) is 24.3 Å². The molecule has 0 aliphatic carbocycles. The zero-order chi connectivity index (χ0) is 16.2. The minimum Gasteiger partial charge on any atom is -0.354 e. The van der Waals surface area contributed by atoms with Crippen LogP contribution in [-0.4, -0.2) is 22.7 Å². The molecule has 2 aromatic rings. The SMILES string of the molecule is CC.CNC(=O)c1cc2cc(C(F)(F)P(O)O)ccc2s1. The molecule has 4 nitrogen and oxygen atoms in total. The lowest BCUT2D eigenvalue weighted by Crippen LogP contribution is -2.15. The Hall–Kier alpha value is -1.14. The molecule has 0 atom stereocenters. The van der Waals surface area contributed by atoms with Crippen molar-refractivity contribution in [2.75, 3.05) is 7.05 Å². The molecule has 0 bridgehead atoms. The highest BCUT2D eigenvalue weighted by atomic mass is 32.1. The van der Waals surface area contributed by atoms with Crippen LogP contribution in [-0.2, 0) is 5.66 Å². The van der Waals surface area contributed by atoms with Crippen molar-refractivity contribution in [3.05, 3.63) is 34.7 Å². The summed E-state index contributed by atoms with van der Waals surface area (Å²) in [6.07, 6.45) is 0. The Labute approximate surface area is 126 Å². The molecule has 0 unspecified atom stereocenters. The first kappa shape index (κ1) is 17.9. The second-order valence-corrected chi connectivity index (χ2v) is 6.00. The van der Waals surface area contributed by atoms with Crippen molar-refractivity contribution in [2.24, 2.45) is 0 Å². The number of benzene rings is 1. The van der Waals surface area contributed by atoms with Crippen LogP contribution in [0.4, 0.5) is 8.78 Å². The number of hydrogen-bond donors (Lipinski definition) is 3. The van der Waals surface area contributed by atoms with Crippen LogP contribution in [0.5, 0.6) is 0 Å². The van der Waals surface area contributed by atoms with Gasteiger partial charge in [-0.1, -0.05) is 19.9 Å². The smallest absolute Gasteiger partial charge is 0.339 e. The van der Waals surface area contributed by atoms with Gasteiger partial charge in [0.2, 0.25) is 8.38 Å². The molecule has 1 heterocycles. The van der Waals surface area contributed by atoms with Crippen LogP contribution in [0.1, 0.15) is 29.1 Å². The highest BCUT2D eigenvalue weighted by Crippen LogP contribution is 2.53. The molecular formula is C13H16F2NO3PS. The molecule has 3 N–H and O–H groups in total. The first-order chi connectivity index (χ1) is 9.86. The first-order valence-corrected chi connectivity index (χ1v) is 8.24. The fraction of sp³-hybridized carbons (Fsp3) is 0.308. The van der Waals surface area contributed by atoms with E-state index in [1.165, 1.54) is 36.6 Å². The molecular weight excluding hydrogens is 319 g/mol. The van der Waals surface area contributed by atoms with Crippen molar-refractivity contribution in [2.45, 2.75) is 19.5 Å². The molecule has 116 valence electrons. The van der Waals surface area contributed by atoms with E-state index in [0.717, 1.165) is 6.07 Å². The maximum absolute atomic E-state index is 13.5. The van der Waals surface area contributed by atoms with Crippen molar-refractivity contribution >= 4 is 35.7 Å². The van der Waals surface area contributed by atoms with Crippen LogP contribution in [0.3, 0.4) is 0 Å². The highest BCUT2D eigenvalue weighted by Gasteiger charge is 2.41. The van der Waals surface area contributed by atoms with Crippen LogP contribution >= 0.6 is 19.7 Å². The summed E-state index contributed by atoms with van der Waals surface area (Å²) in [7, 11) is -1.91. The van der Waals surface area contributed by atoms with Gasteiger partial charge in [0.1, 0.15) is 0 Å². The van der Waals surface area contributed by atoms with Gasteiger partial charge in [-0.2, -0.15) is 8.78 Å². The first-order valence-electron chi connectivity index (χ1n) is 6.18. The Morgan fingerprint density at radius 2 is 1.90 bits per heavy atom. The summed E-state index contributed by atoms with van der Waals surface area (Å²) in [5.74, 6) is -0.291. The number of alkyl halides is 2. The summed E-state index contributed by atoms with van der Waals surface area (Å²) >= 11 is 1.18. The summed E-state index contributed by atoms with van der Waals surface area (Å²) in [4.78, 5) is 29.3. The lowest BCUT2D eigenvalue weighted by molar-refractivity contribution is 0.0734. The van der Waals surface area contributed by atoms with Crippen LogP contribution < -0.4 is 5.32 Å². The molecule has 0 aliphatic heterocycles. The number of carbonyl (C=O) groups excluding carboxylic acids is 1. The third kappa shape index (κ3) is 3.74. The fourth-order valence-electron chi connectivity index (χ4n) is 1.58. The normalized spacial score (nSPS) is 11.2. The number of hydrogen-bond acceptors (Lipinski definition) is 4. The van der Waals surface area contributed by atoms with Crippen LogP contribution in [0.25, 0.3) is 10.1 Å². The number of rotatable bonds is 3. The Balaban J connectivity index is 0.00000106. The molecule has 0 spiro atoms. The quantitative estimate of drug-likeness (QED) is 0.750. The van der Waals surface area contributed by atoms with Gasteiger partial charge in [0.05, 0.1) is 4.88 Å². The van der Waals surface area contributed by atoms with E-state index < -0.39 is 19.6 Å². The summed E-state index contributed by atoms with van der Waals surface area (Å²) in [6.45, 7) is 4.00. The Morgan fingerprint density at radius 1 is 1.29 bits per heavy atom. The van der Waals surface area contributed by atoms with E-state index in [1.54, 1.807) is 0 Å². The Morgan fingerprint density at radius 3 is 2.43 bits per heavy atom. The van der Waals surface area contributed by atoms with Crippen molar-refractivity contribution in [3.8, 4) is 0 Å². The monoisotopic (exact) mass is 335 g/mol. The van der Waals surface area contributed by atoms with E-state index in [0.29, 0.717) is 15.0 Å². The number of nitrogens with one attached hydrogen (secondary N) is 1. The summed E-state index contributed by atoms with van der Waals surface area (Å²) in [6, 6.07) is 5.23. The van der Waals surface area contributed by atoms with Crippen molar-refractivity contribution in [1.29, 1.82) is 0 Å². The lowest BCUT2D eigenvalue weighted by atomic mass is 10.1. The molecule has 2 rings (SSSR count). The third-order valence-electron chi connectivity index (χ3n) is 2.57. The molecule has 0 radical (unpaired) electrons. The fourth-order valence-corrected chi connectivity index (χ4v) is 2.94. The van der Waals surface area contributed by atoms with Gasteiger partial charge in [0.25, 0.3) is 5.91 Å². The van der Waals surface area contributed by atoms with Gasteiger partial charge in [-0.3, -0.25) is 4.79 Å². The topological polar surface area (TPSA) is 69.6 Å². The average Bonchev–Trinajstić information content (AvgIpc) is 2.91. The van der Waals surface area contributed by atoms with E-state index in [1.807, 2.05) is 13.8 Å². The van der Waals surface area contributed by atoms with Gasteiger partial charge in [-0.25, -0.2) is 0 Å². The number of carbonyl (C=O) groups is 1. The van der Waals surface area contributed by atoms with Gasteiger partial charge in [-0.05, 0) is 23.6 Å². The highest BCUT2D eigenvalue weighted by molar-refractivity contribution is 7.46. The van der Waals surface area contributed by atoms with Crippen molar-refractivity contribution in [3.63, 3.8) is 0 Å². The summed E-state index contributed by atoms with van der Waals surface area (Å²) in [5.41, 5.74) is -4.16. The van der Waals surface area contributed by atoms with E-state index in [4.69, 9.17) is 9.79 Å². The standard InChI is InChI=1S/C11H10F2NO3PS.C2H6/c1-14-10(15)9-5-6-4-7(2-3-8(6)19-9)11(12,13)18(16)17;1-2/h2-5,16-17H,1H3,(H,14,15);1-2H3. The van der Waals surface area contributed by atoms with E-state index in [9.17, 15) is 13.6 Å². The second-order valence-electron chi connectivity index (χ2n) is 3.77. The maximum Gasteiger partial charge on any atom is 0.339 e. The van der Waals surface area contributed by atoms with E-state index >= 15 is 0 Å². The molecule has 1 aromatic heterocycles. The van der Waals surface area contributed by atoms with E-state index in [2.05, 4.69) is 5.32 Å². The molecule has 0 saturated heterocycles. The maximum atomic E-state index is 13.5. The van der Waals surface area contributed by atoms with Gasteiger partial charge in [-0.15, -0.1) is 11.3 Å². The predicted molar refractivity (Wildman–Crippen MR) is 81.8 cm³/mol. The number of halogens is 2. The lowest BCUT2D eigenvalue weighted by Gasteiger charge is -2.17. The minimum absolute atomic E-state index is 0.291. The molecule has 8 heteroatoms. The van der Waals surface area contributed by atoms with Gasteiger partial charge in [0.15, 0.2) is 0 Å². The molecule has 0 fully saturated rings. The number of thiophene rings is 1. The zero-order valence-electron chi connectivity index (χ0n) is 11.7. The molecule has 0 saturated carbocycles. The predicted octanol–water partition coefficient (Wildman–Crippen LogP) is 3.63. The van der Waals surface area contributed by atoms with Crippen molar-refractivity contribution < 1.29 is 23.4 Å². The number of amides is 1. The molecule has 0 aliphatic rings. The summed E-state index contributed by atoms with van der Waals surface area (Å²) < 4.78 is 27.7. The van der Waals surface area contributed by atoms with E-state index in [-0.39, 0.29) is 5.91 Å². The van der Waals surface area contributed by atoms with Gasteiger partial charge >= 0.3 is 5.66 Å². The van der Waals surface area contributed by atoms with Gasteiger partial charge in [0, 0.05) is 17.3 Å². The van der Waals surface area contributed by atoms with Crippen LogP contribution in [0.2, 0.25) is 0 Å². The Bertz CT molecular complexity index is 631. The zero-order valence-corrected chi connectivity index (χ0v) is 13.4. The van der Waals surface area contributed by atoms with Gasteiger partial charge < -0.3 is 15.1 Å². The number of fused-ring (bicyclic) bond motifs is 1. The average molecular weight is 335 g/mol. The van der Waals surface area contributed by atoms with Crippen LogP contribution in [0, 0.1) is 0 Å². The summed E-state index contributed by atoms with van der Waals surface area (Å²) in [5, 5.41) is 2.92. The van der Waals surface area contributed by atoms with Crippen molar-refractivity contribution in [1.82, 2.24) is 5.32 Å². The minimum atomic E-state index is -3.68. The largest absolute Gasteiger partial charge is 0.354 e. The third-order valence-corrected chi connectivity index (χ3v) is 4.44. The molecule has 1 aromatic carbocycles. The Kier molecular flexibility index (Phi) is 6.16.